The highest BCUT2D eigenvalue weighted by Crippen LogP contribution is 2.72. The summed E-state index contributed by atoms with van der Waals surface area (Å²) in [5, 5.41) is 13.1. The monoisotopic (exact) mass is 523 g/mol. The van der Waals surface area contributed by atoms with Crippen LogP contribution in [0.15, 0.2) is 23.8 Å². The fourth-order valence-electron chi connectivity index (χ4n) is 8.42. The Bertz CT molecular complexity index is 1030. The van der Waals surface area contributed by atoms with Gasteiger partial charge in [-0.25, -0.2) is 8.78 Å². The van der Waals surface area contributed by atoms with Gasteiger partial charge in [-0.15, -0.1) is 0 Å². The number of carbonyl (C=O) groups is 2. The number of hydrogen-bond donors (Lipinski definition) is 1. The van der Waals surface area contributed by atoms with Crippen LogP contribution in [0.2, 0.25) is 0 Å². The molecule has 0 aromatic heterocycles. The average molecular weight is 524 g/mol. The lowest BCUT2D eigenvalue weighted by Gasteiger charge is -2.62. The fraction of sp³-hybridized carbons (Fsp3) is 0.786. The summed E-state index contributed by atoms with van der Waals surface area (Å²) in [5.41, 5.74) is -4.33. The minimum absolute atomic E-state index is 0.0531. The van der Waals surface area contributed by atoms with Crippen molar-refractivity contribution in [1.82, 2.24) is 5.06 Å². The lowest BCUT2D eigenvalue weighted by atomic mass is 9.45. The predicted molar refractivity (Wildman–Crippen MR) is 135 cm³/mol. The average Bonchev–Trinajstić information content (AvgIpc) is 3.27. The van der Waals surface area contributed by atoms with E-state index in [1.807, 2.05) is 12.0 Å². The smallest absolute Gasteiger partial charge is 0.226 e. The van der Waals surface area contributed by atoms with Crippen molar-refractivity contribution in [3.05, 3.63) is 23.8 Å². The third kappa shape index (κ3) is 3.43. The summed E-state index contributed by atoms with van der Waals surface area (Å²) in [4.78, 5) is 32.3. The maximum Gasteiger partial charge on any atom is 0.226 e. The number of halogens is 2. The van der Waals surface area contributed by atoms with Gasteiger partial charge in [-0.2, -0.15) is 5.06 Å². The first-order valence-electron chi connectivity index (χ1n) is 13.2. The van der Waals surface area contributed by atoms with Crippen LogP contribution >= 0.6 is 11.8 Å². The zero-order valence-corrected chi connectivity index (χ0v) is 22.8. The van der Waals surface area contributed by atoms with E-state index in [0.29, 0.717) is 44.1 Å². The molecule has 4 aliphatic carbocycles. The minimum atomic E-state index is -1.96. The molecule has 0 radical (unpaired) electrons. The van der Waals surface area contributed by atoms with Gasteiger partial charge >= 0.3 is 0 Å². The van der Waals surface area contributed by atoms with E-state index in [2.05, 4.69) is 20.8 Å². The number of carbonyl (C=O) groups excluding carboxylic acids is 2. The van der Waals surface area contributed by atoms with Crippen LogP contribution in [-0.2, 0) is 14.4 Å². The standard InChI is InChI=1S/C28H39F2NO4S/c1-24(2,3)10-11-31-15-18-13-21-20-7-6-17-12-19(32)8-9-25(17,4)27(20,30)22(33)14-26(21,5)28(18,35-31)23(34)36-16-29/h8-9,12,18,20-22,33H,6-7,10-11,13-16H2,1-5H3/t18-,20-,21-,22-,25-,26-,27-,28-/m0/s1. The van der Waals surface area contributed by atoms with Gasteiger partial charge in [-0.05, 0) is 62.5 Å². The SMILES string of the molecule is CC(C)(C)CCN1C[C@@H]2C[C@H]3[C@@H]4CCC5=CC(=O)C=C[C@]5(C)[C@@]4(F)[C@@H](O)C[C@]3(C)[C@]2(C(=O)SCF)O1. The van der Waals surface area contributed by atoms with Gasteiger partial charge < -0.3 is 5.11 Å². The number of ketones is 1. The van der Waals surface area contributed by atoms with Crippen LogP contribution in [0.25, 0.3) is 0 Å². The third-order valence-corrected chi connectivity index (χ3v) is 11.0. The Kier molecular flexibility index (Phi) is 6.23. The first kappa shape index (κ1) is 26.5. The largest absolute Gasteiger partial charge is 0.390 e. The number of nitrogens with zero attached hydrogens (tertiary/aromatic N) is 1. The highest BCUT2D eigenvalue weighted by Gasteiger charge is 2.79. The van der Waals surface area contributed by atoms with Gasteiger partial charge in [0.05, 0.1) is 6.10 Å². The van der Waals surface area contributed by atoms with Crippen LogP contribution < -0.4 is 0 Å². The number of fused-ring (bicyclic) bond motifs is 7. The molecule has 200 valence electrons. The van der Waals surface area contributed by atoms with E-state index in [-0.39, 0.29) is 34.6 Å². The maximum atomic E-state index is 17.4. The van der Waals surface area contributed by atoms with Gasteiger partial charge in [0.2, 0.25) is 5.12 Å². The molecule has 0 aromatic rings. The molecule has 36 heavy (non-hydrogen) atoms. The van der Waals surface area contributed by atoms with Crippen LogP contribution in [-0.4, -0.2) is 57.5 Å². The Morgan fingerprint density at radius 1 is 1.31 bits per heavy atom. The second-order valence-corrected chi connectivity index (χ2v) is 14.1. The quantitative estimate of drug-likeness (QED) is 0.547. The normalized spacial score (nSPS) is 46.1. The molecule has 5 aliphatic rings. The number of thioether (sulfide) groups is 1. The van der Waals surface area contributed by atoms with E-state index in [1.54, 1.807) is 13.0 Å². The predicted octanol–water partition coefficient (Wildman–Crippen LogP) is 5.19. The Morgan fingerprint density at radius 2 is 2.03 bits per heavy atom. The van der Waals surface area contributed by atoms with Crippen molar-refractivity contribution >= 4 is 22.7 Å². The summed E-state index contributed by atoms with van der Waals surface area (Å²) in [6, 6.07) is -0.844. The Hall–Kier alpha value is -1.09. The molecule has 3 saturated carbocycles. The summed E-state index contributed by atoms with van der Waals surface area (Å²) in [6.07, 6.45) is 5.83. The molecule has 0 aromatic carbocycles. The number of allylic oxidation sites excluding steroid dienone is 4. The second-order valence-electron chi connectivity index (χ2n) is 13.3. The third-order valence-electron chi connectivity index (χ3n) is 10.3. The number of alkyl halides is 2. The summed E-state index contributed by atoms with van der Waals surface area (Å²) >= 11 is 0.633. The van der Waals surface area contributed by atoms with E-state index in [4.69, 9.17) is 4.84 Å². The summed E-state index contributed by atoms with van der Waals surface area (Å²) < 4.78 is 30.9. The number of aliphatic hydroxyl groups is 1. The molecule has 0 bridgehead atoms. The van der Waals surface area contributed by atoms with Crippen molar-refractivity contribution in [3.63, 3.8) is 0 Å². The highest BCUT2D eigenvalue weighted by molar-refractivity contribution is 8.13. The fourth-order valence-corrected chi connectivity index (χ4v) is 9.17. The highest BCUT2D eigenvalue weighted by atomic mass is 32.2. The molecule has 5 rings (SSSR count). The van der Waals surface area contributed by atoms with E-state index < -0.39 is 40.1 Å². The molecule has 0 spiro atoms. The second kappa shape index (κ2) is 8.45. The molecule has 8 atom stereocenters. The Labute approximate surface area is 217 Å². The van der Waals surface area contributed by atoms with Crippen molar-refractivity contribution in [2.75, 3.05) is 19.1 Å². The van der Waals surface area contributed by atoms with Crippen molar-refractivity contribution in [1.29, 1.82) is 0 Å². The molecule has 0 unspecified atom stereocenters. The zero-order valence-electron chi connectivity index (χ0n) is 22.0. The van der Waals surface area contributed by atoms with Crippen LogP contribution in [0, 0.1) is 34.0 Å². The van der Waals surface area contributed by atoms with Crippen LogP contribution in [0.4, 0.5) is 8.78 Å². The molecule has 1 aliphatic heterocycles. The van der Waals surface area contributed by atoms with Crippen LogP contribution in [0.1, 0.15) is 66.7 Å². The van der Waals surface area contributed by atoms with Gasteiger partial charge in [-0.3, -0.25) is 14.4 Å². The number of hydroxylamine groups is 2. The topological polar surface area (TPSA) is 66.8 Å². The molecular formula is C28H39F2NO4S. The van der Waals surface area contributed by atoms with Gasteiger partial charge in [-0.1, -0.05) is 51.1 Å². The molecule has 4 fully saturated rings. The molecule has 1 saturated heterocycles. The first-order chi connectivity index (χ1) is 16.7. The summed E-state index contributed by atoms with van der Waals surface area (Å²) in [5.74, 6) is -1.04. The zero-order chi connectivity index (χ0) is 26.3. The van der Waals surface area contributed by atoms with Gasteiger partial charge in [0.25, 0.3) is 0 Å². The van der Waals surface area contributed by atoms with Crippen molar-refractivity contribution in [2.45, 2.75) is 84.1 Å². The number of rotatable bonds is 4. The molecule has 0 amide bonds. The van der Waals surface area contributed by atoms with E-state index in [1.165, 1.54) is 12.2 Å². The molecule has 1 N–H and O–H groups in total. The van der Waals surface area contributed by atoms with Crippen LogP contribution in [0.3, 0.4) is 0 Å². The summed E-state index contributed by atoms with van der Waals surface area (Å²) in [6.45, 7) is 11.4. The van der Waals surface area contributed by atoms with Gasteiger partial charge in [0.1, 0.15) is 6.01 Å². The maximum absolute atomic E-state index is 17.4. The number of aliphatic hydroxyl groups excluding tert-OH is 1. The van der Waals surface area contributed by atoms with Crippen molar-refractivity contribution in [2.24, 2.45) is 34.0 Å². The Morgan fingerprint density at radius 3 is 2.69 bits per heavy atom. The van der Waals surface area contributed by atoms with Crippen molar-refractivity contribution < 1.29 is 28.3 Å². The lowest BCUT2D eigenvalue weighted by Crippen LogP contribution is -2.69. The van der Waals surface area contributed by atoms with E-state index in [0.717, 1.165) is 12.0 Å². The lowest BCUT2D eigenvalue weighted by molar-refractivity contribution is -0.262. The molecule has 5 nitrogen and oxygen atoms in total. The number of hydrogen-bond acceptors (Lipinski definition) is 6. The van der Waals surface area contributed by atoms with E-state index >= 15 is 4.39 Å². The van der Waals surface area contributed by atoms with Gasteiger partial charge in [0.15, 0.2) is 17.1 Å². The molecular weight excluding hydrogens is 484 g/mol. The molecule has 1 heterocycles. The minimum Gasteiger partial charge on any atom is -0.390 e. The van der Waals surface area contributed by atoms with Gasteiger partial charge in [0, 0.05) is 35.8 Å². The van der Waals surface area contributed by atoms with E-state index in [9.17, 15) is 19.1 Å². The van der Waals surface area contributed by atoms with Crippen molar-refractivity contribution in [3.8, 4) is 0 Å². The first-order valence-corrected chi connectivity index (χ1v) is 14.2. The molecule has 8 heteroatoms. The van der Waals surface area contributed by atoms with Crippen LogP contribution in [0.5, 0.6) is 0 Å². The Balaban J connectivity index is 1.53. The summed E-state index contributed by atoms with van der Waals surface area (Å²) in [7, 11) is 0.